The first-order valence-electron chi connectivity index (χ1n) is 8.46. The Morgan fingerprint density at radius 2 is 1.58 bits per heavy atom. The van der Waals surface area contributed by atoms with Gasteiger partial charge in [-0.1, -0.05) is 42.7 Å². The van der Waals surface area contributed by atoms with Gasteiger partial charge in [-0.05, 0) is 48.0 Å². The molecule has 1 radical (unpaired) electrons. The molecule has 3 rings (SSSR count). The Labute approximate surface area is 154 Å². The van der Waals surface area contributed by atoms with Crippen molar-refractivity contribution < 1.29 is 14.2 Å². The van der Waals surface area contributed by atoms with Crippen molar-refractivity contribution in [1.82, 2.24) is 0 Å². The number of fused-ring (bicyclic) bond motifs is 1. The van der Waals surface area contributed by atoms with Crippen molar-refractivity contribution in [3.8, 4) is 5.75 Å². The Hall–Kier alpha value is -3.01. The minimum absolute atomic E-state index is 0.117. The van der Waals surface area contributed by atoms with Gasteiger partial charge >= 0.3 is 7.48 Å². The number of ether oxygens (including phenoxy) is 1. The molecule has 129 valence electrons. The van der Waals surface area contributed by atoms with Crippen molar-refractivity contribution in [3.63, 3.8) is 0 Å². The summed E-state index contributed by atoms with van der Waals surface area (Å²) in [7, 11) is 3.17. The second-order valence-corrected chi connectivity index (χ2v) is 6.02. The lowest BCUT2D eigenvalue weighted by Gasteiger charge is -2.11. The molecule has 3 nitrogen and oxygen atoms in total. The summed E-state index contributed by atoms with van der Waals surface area (Å²) in [6, 6.07) is 19.4. The van der Waals surface area contributed by atoms with Crippen molar-refractivity contribution in [2.75, 3.05) is 7.11 Å². The van der Waals surface area contributed by atoms with E-state index in [2.05, 4.69) is 25.1 Å². The molecule has 0 aromatic heterocycles. The average Bonchev–Trinajstić information content (AvgIpc) is 2.67. The zero-order valence-electron chi connectivity index (χ0n) is 15.2. The number of benzene rings is 3. The van der Waals surface area contributed by atoms with Crippen molar-refractivity contribution in [3.05, 3.63) is 83.4 Å². The van der Waals surface area contributed by atoms with Gasteiger partial charge in [-0.25, -0.2) is 0 Å². The molecule has 0 amide bonds. The maximum Gasteiger partial charge on any atom is 0.366 e. The number of hydrogen-bond donors (Lipinski definition) is 0. The maximum absolute atomic E-state index is 12.6. The zero-order chi connectivity index (χ0) is 18.5. The van der Waals surface area contributed by atoms with E-state index in [-0.39, 0.29) is 5.78 Å². The smallest absolute Gasteiger partial charge is 0.366 e. The van der Waals surface area contributed by atoms with Gasteiger partial charge < -0.3 is 9.39 Å². The first kappa shape index (κ1) is 17.8. The molecule has 0 fully saturated rings. The highest BCUT2D eigenvalue weighted by Crippen LogP contribution is 2.24. The van der Waals surface area contributed by atoms with Gasteiger partial charge in [0.1, 0.15) is 11.5 Å². The van der Waals surface area contributed by atoms with Crippen LogP contribution in [0.2, 0.25) is 6.82 Å². The van der Waals surface area contributed by atoms with Crippen molar-refractivity contribution in [2.24, 2.45) is 0 Å². The normalized spacial score (nSPS) is 11.3. The molecule has 0 N–H and O–H groups in total. The van der Waals surface area contributed by atoms with E-state index in [4.69, 9.17) is 9.39 Å². The topological polar surface area (TPSA) is 35.5 Å². The zero-order valence-corrected chi connectivity index (χ0v) is 15.2. The fourth-order valence-electron chi connectivity index (χ4n) is 2.79. The van der Waals surface area contributed by atoms with E-state index < -0.39 is 0 Å². The third-order valence-corrected chi connectivity index (χ3v) is 4.16. The van der Waals surface area contributed by atoms with Crippen molar-refractivity contribution in [2.45, 2.75) is 13.7 Å². The van der Waals surface area contributed by atoms with E-state index in [1.807, 2.05) is 18.2 Å². The maximum atomic E-state index is 12.6. The van der Waals surface area contributed by atoms with Crippen LogP contribution in [-0.2, 0) is 4.65 Å². The Kier molecular flexibility index (Phi) is 5.42. The van der Waals surface area contributed by atoms with Gasteiger partial charge in [-0.3, -0.25) is 4.79 Å². The van der Waals surface area contributed by atoms with Crippen molar-refractivity contribution >= 4 is 29.8 Å². The summed E-state index contributed by atoms with van der Waals surface area (Å²) >= 11 is 0. The molecule has 0 saturated carbocycles. The van der Waals surface area contributed by atoms with Crippen LogP contribution < -0.4 is 4.74 Å². The molecular weight excluding hydrogens is 323 g/mol. The third-order valence-electron chi connectivity index (χ3n) is 4.16. The number of allylic oxidation sites excluding steroid dienone is 1. The third kappa shape index (κ3) is 3.97. The highest BCUT2D eigenvalue weighted by Gasteiger charge is 2.09. The van der Waals surface area contributed by atoms with Gasteiger partial charge in [-0.15, -0.1) is 0 Å². The number of rotatable bonds is 6. The Morgan fingerprint density at radius 3 is 2.27 bits per heavy atom. The molecule has 4 heteroatoms. The van der Waals surface area contributed by atoms with Crippen LogP contribution in [0.5, 0.6) is 5.75 Å². The molecule has 0 spiro atoms. The summed E-state index contributed by atoms with van der Waals surface area (Å²) in [4.78, 5) is 12.6. The first-order chi connectivity index (χ1) is 12.6. The Bertz CT molecular complexity index is 959. The molecule has 0 aliphatic rings. The van der Waals surface area contributed by atoms with E-state index in [1.165, 1.54) is 11.6 Å². The summed E-state index contributed by atoms with van der Waals surface area (Å²) in [6.45, 7) is 3.86. The molecule has 0 aliphatic carbocycles. The predicted molar refractivity (Wildman–Crippen MR) is 107 cm³/mol. The van der Waals surface area contributed by atoms with Crippen LogP contribution in [0.15, 0.2) is 66.7 Å². The quantitative estimate of drug-likeness (QED) is 0.271. The van der Waals surface area contributed by atoms with Gasteiger partial charge in [0.15, 0.2) is 5.78 Å². The first-order valence-corrected chi connectivity index (χ1v) is 8.46. The molecule has 3 aromatic carbocycles. The lowest BCUT2D eigenvalue weighted by molar-refractivity contribution is 0.104. The van der Waals surface area contributed by atoms with Gasteiger partial charge in [-0.2, -0.15) is 0 Å². The standard InChI is InChI=1S/C22H20BO3/c1-15-4-5-18-13-19(7-6-17(18)12-15)22(26-23-2)14-21(24)16-8-10-20(25-3)11-9-16/h4-14H,1-3H3/b22-14-. The molecule has 0 aliphatic heterocycles. The van der Waals surface area contributed by atoms with Crippen LogP contribution in [0.1, 0.15) is 21.5 Å². The number of carbonyl (C=O) groups is 1. The van der Waals surface area contributed by atoms with Crippen LogP contribution in [-0.4, -0.2) is 20.4 Å². The molecule has 0 unspecified atom stereocenters. The van der Waals surface area contributed by atoms with Gasteiger partial charge in [0.05, 0.1) is 7.11 Å². The van der Waals surface area contributed by atoms with Crippen LogP contribution in [0.25, 0.3) is 16.5 Å². The summed E-state index contributed by atoms with van der Waals surface area (Å²) in [5.41, 5.74) is 2.66. The van der Waals surface area contributed by atoms with Gasteiger partial charge in [0.2, 0.25) is 0 Å². The number of aryl methyl sites for hydroxylation is 1. The lowest BCUT2D eigenvalue weighted by Crippen LogP contribution is -2.01. The average molecular weight is 343 g/mol. The molecular formula is C22H20BO3. The van der Waals surface area contributed by atoms with E-state index in [0.717, 1.165) is 16.3 Å². The fraction of sp³-hybridized carbons (Fsp3) is 0.136. The fourth-order valence-corrected chi connectivity index (χ4v) is 2.79. The lowest BCUT2D eigenvalue weighted by atomic mass is 10.0. The van der Waals surface area contributed by atoms with Crippen molar-refractivity contribution in [1.29, 1.82) is 0 Å². The largest absolute Gasteiger partial charge is 0.563 e. The SMILES string of the molecule is C[B]O/C(=C\C(=O)c1ccc(OC)cc1)c1ccc2cc(C)ccc2c1. The number of ketones is 1. The minimum atomic E-state index is -0.117. The summed E-state index contributed by atoms with van der Waals surface area (Å²) in [6.07, 6.45) is 1.52. The predicted octanol–water partition coefficient (Wildman–Crippen LogP) is 5.06. The molecule has 0 heterocycles. The van der Waals surface area contributed by atoms with E-state index in [0.29, 0.717) is 17.1 Å². The van der Waals surface area contributed by atoms with Crippen LogP contribution >= 0.6 is 0 Å². The van der Waals surface area contributed by atoms with E-state index in [9.17, 15) is 4.79 Å². The van der Waals surface area contributed by atoms with Crippen LogP contribution in [0.3, 0.4) is 0 Å². The van der Waals surface area contributed by atoms with Crippen LogP contribution in [0.4, 0.5) is 0 Å². The molecule has 0 bridgehead atoms. The monoisotopic (exact) mass is 343 g/mol. The summed E-state index contributed by atoms with van der Waals surface area (Å²) in [5.74, 6) is 1.12. The summed E-state index contributed by atoms with van der Waals surface area (Å²) < 4.78 is 10.8. The molecule has 3 aromatic rings. The highest BCUT2D eigenvalue weighted by molar-refractivity contribution is 6.27. The van der Waals surface area contributed by atoms with E-state index in [1.54, 1.807) is 45.7 Å². The Balaban J connectivity index is 1.95. The Morgan fingerprint density at radius 1 is 0.923 bits per heavy atom. The second-order valence-electron chi connectivity index (χ2n) is 6.02. The van der Waals surface area contributed by atoms with Gasteiger partial charge in [0.25, 0.3) is 0 Å². The molecule has 0 atom stereocenters. The minimum Gasteiger partial charge on any atom is -0.563 e. The van der Waals surface area contributed by atoms with E-state index >= 15 is 0 Å². The van der Waals surface area contributed by atoms with Crippen LogP contribution in [0, 0.1) is 6.92 Å². The second kappa shape index (κ2) is 7.92. The summed E-state index contributed by atoms with van der Waals surface area (Å²) in [5, 5.41) is 2.27. The number of methoxy groups -OCH3 is 1. The van der Waals surface area contributed by atoms with Gasteiger partial charge in [0, 0.05) is 17.2 Å². The molecule has 26 heavy (non-hydrogen) atoms. The number of hydrogen-bond acceptors (Lipinski definition) is 3. The number of carbonyl (C=O) groups excluding carboxylic acids is 1. The molecule has 0 saturated heterocycles. The highest BCUT2D eigenvalue weighted by atomic mass is 16.5.